The minimum absolute atomic E-state index is 0.0153. The van der Waals surface area contributed by atoms with Crippen molar-refractivity contribution in [2.75, 3.05) is 43.1 Å². The molecule has 0 saturated carbocycles. The third kappa shape index (κ3) is 3.19. The molecule has 1 aromatic rings. The Kier molecular flexibility index (Phi) is 4.53. The number of cyclic esters (lactones) is 2. The average Bonchev–Trinajstić information content (AvgIpc) is 3.12. The van der Waals surface area contributed by atoms with Gasteiger partial charge in [-0.05, 0) is 0 Å². The minimum Gasteiger partial charge on any atom is -0.465 e. The lowest BCUT2D eigenvalue weighted by atomic mass is 10.2. The van der Waals surface area contributed by atoms with Gasteiger partial charge in [0.05, 0.1) is 25.3 Å². The van der Waals surface area contributed by atoms with Crippen LogP contribution in [0.5, 0.6) is 0 Å². The Morgan fingerprint density at radius 3 is 2.46 bits per heavy atom. The maximum absolute atomic E-state index is 14.4. The lowest BCUT2D eigenvalue weighted by Crippen LogP contribution is -2.35. The highest BCUT2D eigenvalue weighted by Crippen LogP contribution is 2.32. The van der Waals surface area contributed by atoms with Crippen LogP contribution >= 0.6 is 0 Å². The van der Waals surface area contributed by atoms with E-state index < -0.39 is 41.7 Å². The van der Waals surface area contributed by atoms with Crippen LogP contribution in [0.3, 0.4) is 0 Å². The lowest BCUT2D eigenvalue weighted by Gasteiger charge is -2.19. The van der Waals surface area contributed by atoms with Crippen molar-refractivity contribution < 1.29 is 37.7 Å². The number of carboxylic acid groups (broad SMARTS) is 1. The first-order valence-electron chi connectivity index (χ1n) is 7.63. The van der Waals surface area contributed by atoms with Gasteiger partial charge in [-0.25, -0.2) is 23.2 Å². The predicted octanol–water partition coefficient (Wildman–Crippen LogP) is 1.86. The van der Waals surface area contributed by atoms with E-state index in [4.69, 9.17) is 9.84 Å². The molecule has 0 unspecified atom stereocenters. The number of benzene rings is 1. The van der Waals surface area contributed by atoms with Gasteiger partial charge in [-0.3, -0.25) is 9.80 Å². The topological polar surface area (TPSA) is 99.6 Å². The molecule has 2 heterocycles. The van der Waals surface area contributed by atoms with E-state index in [1.807, 2.05) is 0 Å². The quantitative estimate of drug-likeness (QED) is 0.867. The van der Waals surface area contributed by atoms with E-state index in [1.165, 1.54) is 7.05 Å². The van der Waals surface area contributed by atoms with Gasteiger partial charge in [0.25, 0.3) is 0 Å². The zero-order valence-corrected chi connectivity index (χ0v) is 13.6. The summed E-state index contributed by atoms with van der Waals surface area (Å²) in [5, 5.41) is 8.85. The minimum atomic E-state index is -1.20. The van der Waals surface area contributed by atoms with Crippen LogP contribution in [0.25, 0.3) is 0 Å². The number of hydrogen-bond donors (Lipinski definition) is 1. The maximum Gasteiger partial charge on any atom is 0.414 e. The Hall–Kier alpha value is -3.11. The molecule has 0 aromatic heterocycles. The Bertz CT molecular complexity index is 751. The first-order valence-corrected chi connectivity index (χ1v) is 7.63. The molecule has 1 N–H and O–H groups in total. The van der Waals surface area contributed by atoms with Crippen molar-refractivity contribution in [1.29, 1.82) is 0 Å². The molecule has 9 nitrogen and oxygen atoms in total. The molecule has 3 rings (SSSR count). The number of anilines is 2. The van der Waals surface area contributed by atoms with Crippen LogP contribution in [0.2, 0.25) is 0 Å². The summed E-state index contributed by atoms with van der Waals surface area (Å²) in [6.45, 7) is -0.112. The molecular formula is C15H15F2N3O6. The Balaban J connectivity index is 1.80. The predicted molar refractivity (Wildman–Crippen MR) is 83.3 cm³/mol. The number of amides is 3. The van der Waals surface area contributed by atoms with Gasteiger partial charge >= 0.3 is 18.3 Å². The molecule has 0 bridgehead atoms. The van der Waals surface area contributed by atoms with Crippen LogP contribution in [0.4, 0.5) is 34.5 Å². The molecular weight excluding hydrogens is 356 g/mol. The van der Waals surface area contributed by atoms with Crippen LogP contribution in [0.15, 0.2) is 12.1 Å². The zero-order chi connectivity index (χ0) is 19.0. The van der Waals surface area contributed by atoms with Crippen molar-refractivity contribution in [3.05, 3.63) is 23.8 Å². The average molecular weight is 371 g/mol. The summed E-state index contributed by atoms with van der Waals surface area (Å²) in [5.74, 6) is -2.06. The maximum atomic E-state index is 14.4. The van der Waals surface area contributed by atoms with E-state index >= 15 is 0 Å². The van der Waals surface area contributed by atoms with E-state index in [0.29, 0.717) is 0 Å². The van der Waals surface area contributed by atoms with E-state index in [1.54, 1.807) is 0 Å². The summed E-state index contributed by atoms with van der Waals surface area (Å²) >= 11 is 0. The normalized spacial score (nSPS) is 19.6. The van der Waals surface area contributed by atoms with Gasteiger partial charge in [-0.15, -0.1) is 0 Å². The smallest absolute Gasteiger partial charge is 0.414 e. The highest BCUT2D eigenvalue weighted by molar-refractivity contribution is 5.92. The molecule has 1 atom stereocenters. The summed E-state index contributed by atoms with van der Waals surface area (Å²) in [5.41, 5.74) is -0.646. The van der Waals surface area contributed by atoms with Crippen molar-refractivity contribution in [3.8, 4) is 0 Å². The third-order valence-electron chi connectivity index (χ3n) is 4.02. The van der Waals surface area contributed by atoms with Crippen molar-refractivity contribution in [2.45, 2.75) is 6.10 Å². The molecule has 1 aromatic carbocycles. The molecule has 0 radical (unpaired) electrons. The first kappa shape index (κ1) is 17.7. The molecule has 11 heteroatoms. The molecule has 2 aliphatic rings. The molecule has 2 aliphatic heterocycles. The number of carbonyl (C=O) groups is 3. The fourth-order valence-electron chi connectivity index (χ4n) is 2.77. The fraction of sp³-hybridized carbons (Fsp3) is 0.400. The number of likely N-dealkylation sites (N-methyl/N-ethyl adjacent to an activating group) is 1. The first-order chi connectivity index (χ1) is 12.3. The second-order valence-corrected chi connectivity index (χ2v) is 5.80. The number of hydrogen-bond acceptors (Lipinski definition) is 5. The molecule has 0 spiro atoms. The fourth-order valence-corrected chi connectivity index (χ4v) is 2.77. The van der Waals surface area contributed by atoms with Crippen LogP contribution in [0, 0.1) is 11.6 Å². The zero-order valence-electron chi connectivity index (χ0n) is 13.6. The van der Waals surface area contributed by atoms with Gasteiger partial charge in [-0.2, -0.15) is 0 Å². The third-order valence-corrected chi connectivity index (χ3v) is 4.02. The Morgan fingerprint density at radius 1 is 1.27 bits per heavy atom. The van der Waals surface area contributed by atoms with Gasteiger partial charge in [0.2, 0.25) is 0 Å². The summed E-state index contributed by atoms with van der Waals surface area (Å²) in [4.78, 5) is 37.1. The van der Waals surface area contributed by atoms with Gasteiger partial charge in [0, 0.05) is 19.2 Å². The molecule has 2 saturated heterocycles. The molecule has 140 valence electrons. The number of rotatable bonds is 4. The summed E-state index contributed by atoms with van der Waals surface area (Å²) in [6, 6.07) is 1.82. The largest absolute Gasteiger partial charge is 0.465 e. The number of nitrogens with zero attached hydrogens (tertiary/aromatic N) is 3. The van der Waals surface area contributed by atoms with Crippen molar-refractivity contribution >= 4 is 29.7 Å². The number of ether oxygens (including phenoxy) is 2. The van der Waals surface area contributed by atoms with Crippen LogP contribution in [-0.2, 0) is 9.47 Å². The highest BCUT2D eigenvalue weighted by atomic mass is 19.1. The summed E-state index contributed by atoms with van der Waals surface area (Å²) < 4.78 is 38.4. The van der Waals surface area contributed by atoms with Crippen LogP contribution in [0.1, 0.15) is 0 Å². The van der Waals surface area contributed by atoms with E-state index in [9.17, 15) is 23.2 Å². The summed E-state index contributed by atoms with van der Waals surface area (Å²) in [6.07, 6.45) is -3.67. The van der Waals surface area contributed by atoms with Gasteiger partial charge in [0.1, 0.15) is 18.4 Å². The Morgan fingerprint density at radius 2 is 1.92 bits per heavy atom. The molecule has 26 heavy (non-hydrogen) atoms. The second kappa shape index (κ2) is 6.65. The van der Waals surface area contributed by atoms with Crippen molar-refractivity contribution in [1.82, 2.24) is 4.90 Å². The molecule has 2 fully saturated rings. The number of halogens is 2. The monoisotopic (exact) mass is 371 g/mol. The van der Waals surface area contributed by atoms with Crippen molar-refractivity contribution in [3.63, 3.8) is 0 Å². The van der Waals surface area contributed by atoms with Gasteiger partial charge in [-0.1, -0.05) is 0 Å². The van der Waals surface area contributed by atoms with E-state index in [-0.39, 0.29) is 31.9 Å². The van der Waals surface area contributed by atoms with Gasteiger partial charge in [0.15, 0.2) is 11.6 Å². The van der Waals surface area contributed by atoms with Crippen LogP contribution < -0.4 is 9.80 Å². The van der Waals surface area contributed by atoms with E-state index in [0.717, 1.165) is 26.8 Å². The Labute approximate surface area is 146 Å². The standard InChI is InChI=1S/C15H15F2N3O6/c1-18(13(21)22)6-9-7-20(15(24)26-9)8-4-10(16)12(11(17)5-8)19-2-3-25-14(19)23/h4-5,9H,2-3,6-7H2,1H3,(H,21,22)/t9-/m0/s1. The van der Waals surface area contributed by atoms with Gasteiger partial charge < -0.3 is 19.5 Å². The van der Waals surface area contributed by atoms with E-state index in [2.05, 4.69) is 4.74 Å². The lowest BCUT2D eigenvalue weighted by molar-refractivity contribution is 0.106. The molecule has 3 amide bonds. The highest BCUT2D eigenvalue weighted by Gasteiger charge is 2.36. The summed E-state index contributed by atoms with van der Waals surface area (Å²) in [7, 11) is 1.31. The SMILES string of the molecule is CN(C[C@H]1CN(c2cc(F)c(N3CCOC3=O)c(F)c2)C(=O)O1)C(=O)O. The van der Waals surface area contributed by atoms with Crippen molar-refractivity contribution in [2.24, 2.45) is 0 Å². The molecule has 0 aliphatic carbocycles. The second-order valence-electron chi connectivity index (χ2n) is 5.80. The van der Waals surface area contributed by atoms with Crippen LogP contribution in [-0.4, -0.2) is 67.7 Å². The number of carbonyl (C=O) groups excluding carboxylic acids is 2.